The second-order valence-corrected chi connectivity index (χ2v) is 7.25. The zero-order chi connectivity index (χ0) is 16.2. The van der Waals surface area contributed by atoms with E-state index in [1.807, 2.05) is 48.5 Å². The molecular weight excluding hydrogens is 396 g/mol. The number of hydrogen-bond acceptors (Lipinski definition) is 3. The van der Waals surface area contributed by atoms with Crippen molar-refractivity contribution in [3.63, 3.8) is 0 Å². The Balaban J connectivity index is 1.69. The van der Waals surface area contributed by atoms with Crippen LogP contribution in [0.25, 0.3) is 0 Å². The number of nitrogens with zero attached hydrogens (tertiary/aromatic N) is 2. The van der Waals surface area contributed by atoms with Gasteiger partial charge in [0.05, 0.1) is 12.1 Å². The fraction of sp³-hybridized carbons (Fsp3) is 0.176. The molecule has 1 aliphatic heterocycles. The predicted octanol–water partition coefficient (Wildman–Crippen LogP) is 4.85. The Bertz CT molecular complexity index is 749. The number of halogens is 2. The second kappa shape index (κ2) is 7.51. The zero-order valence-electron chi connectivity index (χ0n) is 12.2. The monoisotopic (exact) mass is 408 g/mol. The summed E-state index contributed by atoms with van der Waals surface area (Å²) >= 11 is 10.9. The molecule has 0 spiro atoms. The van der Waals surface area contributed by atoms with Crippen LogP contribution in [0.4, 0.5) is 0 Å². The highest BCUT2D eigenvalue weighted by Gasteiger charge is 2.26. The number of amidine groups is 1. The van der Waals surface area contributed by atoms with Crippen LogP contribution in [0.2, 0.25) is 5.02 Å². The molecule has 0 radical (unpaired) electrons. The fourth-order valence-corrected chi connectivity index (χ4v) is 3.83. The molecule has 118 valence electrons. The molecule has 0 saturated carbocycles. The maximum Gasteiger partial charge on any atom is 0.261 e. The zero-order valence-corrected chi connectivity index (χ0v) is 15.4. The van der Waals surface area contributed by atoms with Crippen molar-refractivity contribution < 1.29 is 4.79 Å². The lowest BCUT2D eigenvalue weighted by molar-refractivity contribution is 0.0860. The molecule has 0 fully saturated rings. The van der Waals surface area contributed by atoms with E-state index in [1.54, 1.807) is 16.7 Å². The molecule has 0 aromatic heterocycles. The SMILES string of the molecule is O=C(c1ccccc1Br)N1CCN=C1SCc1ccc(Cl)cc1. The van der Waals surface area contributed by atoms with Crippen molar-refractivity contribution in [2.45, 2.75) is 5.75 Å². The highest BCUT2D eigenvalue weighted by molar-refractivity contribution is 9.10. The standard InChI is InChI=1S/C17H14BrClN2OS/c18-15-4-2-1-3-14(15)16(22)21-10-9-20-17(21)23-11-12-5-7-13(19)8-6-12/h1-8H,9-11H2. The second-order valence-electron chi connectivity index (χ2n) is 5.02. The summed E-state index contributed by atoms with van der Waals surface area (Å²) in [5.74, 6) is 0.743. The third-order valence-corrected chi connectivity index (χ3v) is 5.46. The number of hydrogen-bond donors (Lipinski definition) is 0. The van der Waals surface area contributed by atoms with Crippen molar-refractivity contribution in [1.82, 2.24) is 4.90 Å². The first-order valence-corrected chi connectivity index (χ1v) is 9.29. The molecule has 0 atom stereocenters. The largest absolute Gasteiger partial charge is 0.286 e. The molecule has 6 heteroatoms. The lowest BCUT2D eigenvalue weighted by atomic mass is 10.2. The fourth-order valence-electron chi connectivity index (χ4n) is 2.25. The highest BCUT2D eigenvalue weighted by Crippen LogP contribution is 2.24. The van der Waals surface area contributed by atoms with Crippen LogP contribution in [0.1, 0.15) is 15.9 Å². The van der Waals surface area contributed by atoms with Gasteiger partial charge in [0.1, 0.15) is 0 Å². The van der Waals surface area contributed by atoms with E-state index in [1.165, 1.54) is 0 Å². The quantitative estimate of drug-likeness (QED) is 0.726. The normalized spacial score (nSPS) is 14.0. The van der Waals surface area contributed by atoms with Crippen LogP contribution in [0.15, 0.2) is 58.0 Å². The Morgan fingerprint density at radius 1 is 1.22 bits per heavy atom. The summed E-state index contributed by atoms with van der Waals surface area (Å²) in [4.78, 5) is 18.9. The van der Waals surface area contributed by atoms with Crippen LogP contribution in [0, 0.1) is 0 Å². The molecule has 0 aliphatic carbocycles. The molecule has 0 saturated heterocycles. The smallest absolute Gasteiger partial charge is 0.261 e. The van der Waals surface area contributed by atoms with E-state index >= 15 is 0 Å². The minimum Gasteiger partial charge on any atom is -0.286 e. The predicted molar refractivity (Wildman–Crippen MR) is 100 cm³/mol. The van der Waals surface area contributed by atoms with Gasteiger partial charge in [-0.2, -0.15) is 0 Å². The Labute approximate surface area is 152 Å². The molecule has 1 aliphatic rings. The molecule has 0 unspecified atom stereocenters. The summed E-state index contributed by atoms with van der Waals surface area (Å²) in [6, 6.07) is 15.2. The maximum absolute atomic E-state index is 12.7. The summed E-state index contributed by atoms with van der Waals surface area (Å²) in [6.07, 6.45) is 0. The van der Waals surface area contributed by atoms with Crippen molar-refractivity contribution in [2.75, 3.05) is 13.1 Å². The number of thioether (sulfide) groups is 1. The summed E-state index contributed by atoms with van der Waals surface area (Å²) in [5, 5.41) is 1.50. The van der Waals surface area contributed by atoms with E-state index < -0.39 is 0 Å². The van der Waals surface area contributed by atoms with E-state index in [0.717, 1.165) is 26.0 Å². The Kier molecular flexibility index (Phi) is 5.41. The molecule has 0 bridgehead atoms. The van der Waals surface area contributed by atoms with Crippen molar-refractivity contribution in [1.29, 1.82) is 0 Å². The number of amides is 1. The van der Waals surface area contributed by atoms with Gasteiger partial charge in [0, 0.05) is 21.8 Å². The first-order chi connectivity index (χ1) is 11.1. The average molecular weight is 410 g/mol. The van der Waals surface area contributed by atoms with Gasteiger partial charge in [0.25, 0.3) is 5.91 Å². The van der Waals surface area contributed by atoms with Gasteiger partial charge in [-0.3, -0.25) is 14.7 Å². The van der Waals surface area contributed by atoms with Crippen LogP contribution in [0.3, 0.4) is 0 Å². The van der Waals surface area contributed by atoms with Crippen LogP contribution in [0.5, 0.6) is 0 Å². The van der Waals surface area contributed by atoms with Gasteiger partial charge in [-0.1, -0.05) is 47.6 Å². The van der Waals surface area contributed by atoms with Gasteiger partial charge in [-0.25, -0.2) is 0 Å². The number of carbonyl (C=O) groups is 1. The van der Waals surface area contributed by atoms with Crippen molar-refractivity contribution in [2.24, 2.45) is 4.99 Å². The maximum atomic E-state index is 12.7. The van der Waals surface area contributed by atoms with E-state index in [2.05, 4.69) is 20.9 Å². The molecule has 2 aromatic rings. The van der Waals surface area contributed by atoms with Gasteiger partial charge < -0.3 is 0 Å². The van der Waals surface area contributed by atoms with E-state index in [-0.39, 0.29) is 5.91 Å². The molecule has 23 heavy (non-hydrogen) atoms. The molecule has 1 heterocycles. The van der Waals surface area contributed by atoms with Gasteiger partial charge in [-0.05, 0) is 45.8 Å². The number of aliphatic imine (C=N–C) groups is 1. The van der Waals surface area contributed by atoms with Crippen LogP contribution >= 0.6 is 39.3 Å². The van der Waals surface area contributed by atoms with Gasteiger partial charge in [0.2, 0.25) is 0 Å². The van der Waals surface area contributed by atoms with Crippen LogP contribution in [-0.2, 0) is 5.75 Å². The van der Waals surface area contributed by atoms with Crippen molar-refractivity contribution in [3.8, 4) is 0 Å². The van der Waals surface area contributed by atoms with Crippen LogP contribution in [-0.4, -0.2) is 29.1 Å². The Hall–Kier alpha value is -1.30. The summed E-state index contributed by atoms with van der Waals surface area (Å²) in [6.45, 7) is 1.28. The molecular formula is C17H14BrClN2OS. The van der Waals surface area contributed by atoms with E-state index in [9.17, 15) is 4.79 Å². The first kappa shape index (κ1) is 16.6. The molecule has 1 amide bonds. The molecule has 2 aromatic carbocycles. The molecule has 0 N–H and O–H groups in total. The number of benzene rings is 2. The number of carbonyl (C=O) groups excluding carboxylic acids is 1. The Morgan fingerprint density at radius 2 is 1.96 bits per heavy atom. The van der Waals surface area contributed by atoms with E-state index in [4.69, 9.17) is 11.6 Å². The Morgan fingerprint density at radius 3 is 2.70 bits per heavy atom. The van der Waals surface area contributed by atoms with Gasteiger partial charge >= 0.3 is 0 Å². The van der Waals surface area contributed by atoms with Crippen LogP contribution < -0.4 is 0 Å². The first-order valence-electron chi connectivity index (χ1n) is 7.13. The van der Waals surface area contributed by atoms with E-state index in [0.29, 0.717) is 18.7 Å². The molecule has 3 rings (SSSR count). The molecule has 3 nitrogen and oxygen atoms in total. The number of rotatable bonds is 3. The average Bonchev–Trinajstić information content (AvgIpc) is 3.03. The minimum absolute atomic E-state index is 0.0164. The lowest BCUT2D eigenvalue weighted by Gasteiger charge is -2.18. The third-order valence-electron chi connectivity index (χ3n) is 3.43. The lowest BCUT2D eigenvalue weighted by Crippen LogP contribution is -2.33. The van der Waals surface area contributed by atoms with Crippen molar-refractivity contribution in [3.05, 3.63) is 69.2 Å². The van der Waals surface area contributed by atoms with Gasteiger partial charge in [-0.15, -0.1) is 0 Å². The summed E-state index contributed by atoms with van der Waals surface area (Å²) in [5.41, 5.74) is 1.82. The summed E-state index contributed by atoms with van der Waals surface area (Å²) in [7, 11) is 0. The topological polar surface area (TPSA) is 32.7 Å². The summed E-state index contributed by atoms with van der Waals surface area (Å²) < 4.78 is 0.805. The highest BCUT2D eigenvalue weighted by atomic mass is 79.9. The van der Waals surface area contributed by atoms with Crippen molar-refractivity contribution >= 4 is 50.4 Å². The van der Waals surface area contributed by atoms with Gasteiger partial charge in [0.15, 0.2) is 5.17 Å². The third kappa shape index (κ3) is 3.97. The minimum atomic E-state index is -0.0164.